The van der Waals surface area contributed by atoms with E-state index < -0.39 is 9.84 Å². The van der Waals surface area contributed by atoms with Crippen LogP contribution in [0.5, 0.6) is 0 Å². The highest BCUT2D eigenvalue weighted by molar-refractivity contribution is 7.90. The lowest BCUT2D eigenvalue weighted by Gasteiger charge is -2.38. The van der Waals surface area contributed by atoms with Crippen molar-refractivity contribution in [2.45, 2.75) is 44.8 Å². The Morgan fingerprint density at radius 3 is 2.65 bits per heavy atom. The van der Waals surface area contributed by atoms with Gasteiger partial charge in [0, 0.05) is 45.0 Å². The minimum absolute atomic E-state index is 0.200. The fourth-order valence-electron chi connectivity index (χ4n) is 3.33. The van der Waals surface area contributed by atoms with Gasteiger partial charge in [-0.1, -0.05) is 30.3 Å². The Balaban J connectivity index is 1.75. The highest BCUT2D eigenvalue weighted by Crippen LogP contribution is 2.19. The van der Waals surface area contributed by atoms with E-state index in [9.17, 15) is 8.42 Å². The van der Waals surface area contributed by atoms with Crippen molar-refractivity contribution in [2.24, 2.45) is 4.99 Å². The summed E-state index contributed by atoms with van der Waals surface area (Å²) < 4.78 is 22.4. The van der Waals surface area contributed by atoms with Gasteiger partial charge in [0.2, 0.25) is 0 Å². The third kappa shape index (κ3) is 7.33. The van der Waals surface area contributed by atoms with Crippen LogP contribution in [0.15, 0.2) is 35.3 Å². The zero-order chi connectivity index (χ0) is 19.0. The molecule has 2 atom stereocenters. The molecule has 0 aliphatic carbocycles. The van der Waals surface area contributed by atoms with Crippen molar-refractivity contribution in [2.75, 3.05) is 32.1 Å². The van der Waals surface area contributed by atoms with E-state index in [1.54, 1.807) is 7.05 Å². The molecule has 26 heavy (non-hydrogen) atoms. The molecule has 1 heterocycles. The molecular weight excluding hydrogens is 348 g/mol. The quantitative estimate of drug-likeness (QED) is 0.427. The number of nitrogens with one attached hydrogen (secondary N) is 2. The third-order valence-electron chi connectivity index (χ3n) is 4.79. The molecule has 1 fully saturated rings. The number of piperidine rings is 1. The molecule has 1 aliphatic heterocycles. The Labute approximate surface area is 158 Å². The summed E-state index contributed by atoms with van der Waals surface area (Å²) in [6.07, 6.45) is 3.99. The summed E-state index contributed by atoms with van der Waals surface area (Å²) >= 11 is 0. The van der Waals surface area contributed by atoms with Crippen molar-refractivity contribution in [1.29, 1.82) is 0 Å². The van der Waals surface area contributed by atoms with E-state index in [0.717, 1.165) is 31.9 Å². The first-order valence-corrected chi connectivity index (χ1v) is 11.4. The van der Waals surface area contributed by atoms with Gasteiger partial charge in [-0.2, -0.15) is 0 Å². The topological polar surface area (TPSA) is 73.8 Å². The second-order valence-corrected chi connectivity index (χ2v) is 9.41. The number of rotatable bonds is 7. The van der Waals surface area contributed by atoms with E-state index in [-0.39, 0.29) is 5.75 Å². The monoisotopic (exact) mass is 380 g/mol. The highest BCUT2D eigenvalue weighted by atomic mass is 32.2. The van der Waals surface area contributed by atoms with Crippen LogP contribution >= 0.6 is 0 Å². The van der Waals surface area contributed by atoms with Crippen LogP contribution in [0.1, 0.15) is 31.7 Å². The summed E-state index contributed by atoms with van der Waals surface area (Å²) in [4.78, 5) is 6.78. The molecule has 2 N–H and O–H groups in total. The predicted molar refractivity (Wildman–Crippen MR) is 108 cm³/mol. The molecule has 2 unspecified atom stereocenters. The van der Waals surface area contributed by atoms with Gasteiger partial charge < -0.3 is 10.6 Å². The molecule has 1 aromatic carbocycles. The van der Waals surface area contributed by atoms with E-state index in [2.05, 4.69) is 57.8 Å². The predicted octanol–water partition coefficient (Wildman–Crippen LogP) is 1.64. The Morgan fingerprint density at radius 1 is 1.31 bits per heavy atom. The average molecular weight is 381 g/mol. The molecular formula is C19H32N4O2S. The van der Waals surface area contributed by atoms with Gasteiger partial charge in [0.15, 0.2) is 5.96 Å². The molecule has 146 valence electrons. The molecule has 6 nitrogen and oxygen atoms in total. The fraction of sp³-hybridized carbons (Fsp3) is 0.632. The summed E-state index contributed by atoms with van der Waals surface area (Å²) in [6.45, 7) is 4.93. The number of hydrogen-bond donors (Lipinski definition) is 2. The van der Waals surface area contributed by atoms with Gasteiger partial charge in [0.1, 0.15) is 9.84 Å². The summed E-state index contributed by atoms with van der Waals surface area (Å²) in [5, 5.41) is 6.70. The van der Waals surface area contributed by atoms with Crippen LogP contribution in [0.3, 0.4) is 0 Å². The van der Waals surface area contributed by atoms with E-state index in [1.807, 2.05) is 0 Å². The van der Waals surface area contributed by atoms with Crippen LogP contribution in [-0.4, -0.2) is 63.5 Å². The number of benzene rings is 1. The van der Waals surface area contributed by atoms with Gasteiger partial charge in [-0.05, 0) is 31.7 Å². The SMILES string of the molecule is CN=C(NCCCS(C)(=O)=O)NC1CCN(Cc2ccccc2)C(C)C1. The Kier molecular flexibility index (Phi) is 7.90. The van der Waals surface area contributed by atoms with E-state index >= 15 is 0 Å². The van der Waals surface area contributed by atoms with Crippen LogP contribution in [-0.2, 0) is 16.4 Å². The number of aliphatic imine (C=N–C) groups is 1. The van der Waals surface area contributed by atoms with Gasteiger partial charge in [-0.3, -0.25) is 9.89 Å². The van der Waals surface area contributed by atoms with Crippen LogP contribution in [0, 0.1) is 0 Å². The fourth-order valence-corrected chi connectivity index (χ4v) is 4.00. The van der Waals surface area contributed by atoms with Gasteiger partial charge in [0.05, 0.1) is 5.75 Å². The number of nitrogens with zero attached hydrogens (tertiary/aromatic N) is 2. The standard InChI is InChI=1S/C19H32N4O2S/c1-16-14-18(10-12-23(16)15-17-8-5-4-6-9-17)22-19(20-2)21-11-7-13-26(3,24)25/h4-6,8-9,16,18H,7,10-15H2,1-3H3,(H2,20,21,22). The maximum absolute atomic E-state index is 11.2. The smallest absolute Gasteiger partial charge is 0.191 e. The van der Waals surface area contributed by atoms with Gasteiger partial charge in [-0.25, -0.2) is 8.42 Å². The molecule has 0 aromatic heterocycles. The summed E-state index contributed by atoms with van der Waals surface area (Å²) in [7, 11) is -1.15. The number of sulfone groups is 1. The molecule has 2 rings (SSSR count). The Morgan fingerprint density at radius 2 is 2.04 bits per heavy atom. The normalized spacial score (nSPS) is 22.2. The number of likely N-dealkylation sites (tertiary alicyclic amines) is 1. The number of guanidine groups is 1. The first-order chi connectivity index (χ1) is 12.4. The molecule has 0 spiro atoms. The molecule has 1 saturated heterocycles. The van der Waals surface area contributed by atoms with Crippen molar-refractivity contribution in [1.82, 2.24) is 15.5 Å². The van der Waals surface area contributed by atoms with Crippen molar-refractivity contribution in [3.63, 3.8) is 0 Å². The summed E-state index contributed by atoms with van der Waals surface area (Å²) in [5.41, 5.74) is 1.36. The highest BCUT2D eigenvalue weighted by Gasteiger charge is 2.25. The molecule has 0 radical (unpaired) electrons. The average Bonchev–Trinajstić information content (AvgIpc) is 2.60. The summed E-state index contributed by atoms with van der Waals surface area (Å²) in [6, 6.07) is 11.5. The van der Waals surface area contributed by atoms with Crippen molar-refractivity contribution in [3.05, 3.63) is 35.9 Å². The first-order valence-electron chi connectivity index (χ1n) is 9.30. The zero-order valence-electron chi connectivity index (χ0n) is 16.1. The number of hydrogen-bond acceptors (Lipinski definition) is 4. The maximum atomic E-state index is 11.2. The molecule has 1 aromatic rings. The molecule has 7 heteroatoms. The van der Waals surface area contributed by atoms with Crippen molar-refractivity contribution in [3.8, 4) is 0 Å². The van der Waals surface area contributed by atoms with E-state index in [0.29, 0.717) is 25.0 Å². The molecule has 0 amide bonds. The third-order valence-corrected chi connectivity index (χ3v) is 5.82. The Bertz CT molecular complexity index is 676. The minimum atomic E-state index is -2.90. The summed E-state index contributed by atoms with van der Waals surface area (Å²) in [5.74, 6) is 0.957. The lowest BCUT2D eigenvalue weighted by molar-refractivity contribution is 0.134. The van der Waals surface area contributed by atoms with Crippen LogP contribution < -0.4 is 10.6 Å². The molecule has 0 bridgehead atoms. The Hall–Kier alpha value is -1.60. The second-order valence-electron chi connectivity index (χ2n) is 7.15. The minimum Gasteiger partial charge on any atom is -0.356 e. The first kappa shape index (κ1) is 20.7. The van der Waals surface area contributed by atoms with Crippen molar-refractivity contribution >= 4 is 15.8 Å². The second kappa shape index (κ2) is 9.92. The van der Waals surface area contributed by atoms with Gasteiger partial charge >= 0.3 is 0 Å². The zero-order valence-corrected chi connectivity index (χ0v) is 16.9. The van der Waals surface area contributed by atoms with Gasteiger partial charge in [-0.15, -0.1) is 0 Å². The molecule has 0 saturated carbocycles. The van der Waals surface area contributed by atoms with E-state index in [4.69, 9.17) is 0 Å². The van der Waals surface area contributed by atoms with Crippen LogP contribution in [0.25, 0.3) is 0 Å². The van der Waals surface area contributed by atoms with E-state index in [1.165, 1.54) is 11.8 Å². The lowest BCUT2D eigenvalue weighted by atomic mass is 9.97. The molecule has 1 aliphatic rings. The van der Waals surface area contributed by atoms with Crippen molar-refractivity contribution < 1.29 is 8.42 Å². The largest absolute Gasteiger partial charge is 0.356 e. The lowest BCUT2D eigenvalue weighted by Crippen LogP contribution is -2.51. The maximum Gasteiger partial charge on any atom is 0.191 e. The van der Waals surface area contributed by atoms with Crippen LogP contribution in [0.2, 0.25) is 0 Å². The van der Waals surface area contributed by atoms with Crippen LogP contribution in [0.4, 0.5) is 0 Å². The van der Waals surface area contributed by atoms with Gasteiger partial charge in [0.25, 0.3) is 0 Å².